The number of rotatable bonds is 9. The van der Waals surface area contributed by atoms with Crippen LogP contribution in [0.4, 0.5) is 0 Å². The first-order valence-electron chi connectivity index (χ1n) is 10.9. The van der Waals surface area contributed by atoms with Crippen molar-refractivity contribution in [1.29, 1.82) is 0 Å². The minimum absolute atomic E-state index is 0.0275. The average molecular weight is 429 g/mol. The van der Waals surface area contributed by atoms with Gasteiger partial charge in [0.1, 0.15) is 5.76 Å². The van der Waals surface area contributed by atoms with Gasteiger partial charge in [-0.2, -0.15) is 0 Å². The van der Waals surface area contributed by atoms with E-state index in [4.69, 9.17) is 4.42 Å². The molecule has 1 heterocycles. The normalized spacial score (nSPS) is 15.5. The van der Waals surface area contributed by atoms with E-state index in [-0.39, 0.29) is 17.9 Å². The van der Waals surface area contributed by atoms with Gasteiger partial charge in [-0.1, -0.05) is 31.4 Å². The van der Waals surface area contributed by atoms with Crippen molar-refractivity contribution in [2.75, 3.05) is 12.8 Å². The van der Waals surface area contributed by atoms with Gasteiger partial charge in [-0.15, -0.1) is 11.8 Å². The Kier molecular flexibility index (Phi) is 8.43. The smallest absolute Gasteiger partial charge is 0.252 e. The van der Waals surface area contributed by atoms with Crippen LogP contribution >= 0.6 is 11.8 Å². The molecule has 3 rings (SSSR count). The van der Waals surface area contributed by atoms with Gasteiger partial charge < -0.3 is 14.6 Å². The number of nitrogens with one attached hydrogen (secondary N) is 1. The molecular weight excluding hydrogens is 396 g/mol. The number of thioether (sulfide) groups is 1. The van der Waals surface area contributed by atoms with Crippen molar-refractivity contribution in [3.05, 3.63) is 54.0 Å². The lowest BCUT2D eigenvalue weighted by molar-refractivity contribution is -0.129. The first kappa shape index (κ1) is 22.5. The summed E-state index contributed by atoms with van der Waals surface area (Å²) in [4.78, 5) is 28.2. The molecule has 0 aliphatic heterocycles. The molecule has 0 bridgehead atoms. The van der Waals surface area contributed by atoms with Crippen LogP contribution in [0.15, 0.2) is 52.0 Å². The van der Waals surface area contributed by atoms with E-state index in [1.54, 1.807) is 6.26 Å². The van der Waals surface area contributed by atoms with Crippen LogP contribution in [0, 0.1) is 0 Å². The number of hydrogen-bond acceptors (Lipinski definition) is 4. The fraction of sp³-hybridized carbons (Fsp3) is 0.500. The second-order valence-electron chi connectivity index (χ2n) is 8.07. The third-order valence-electron chi connectivity index (χ3n) is 5.78. The van der Waals surface area contributed by atoms with Crippen LogP contribution in [-0.4, -0.2) is 41.6 Å². The molecule has 0 saturated heterocycles. The predicted octanol–water partition coefficient (Wildman–Crippen LogP) is 4.91. The minimum Gasteiger partial charge on any atom is -0.469 e. The van der Waals surface area contributed by atoms with Gasteiger partial charge in [0.2, 0.25) is 5.91 Å². The molecular formula is C24H32N2O3S. The molecule has 1 saturated carbocycles. The molecule has 1 aliphatic rings. The number of nitrogens with zero attached hydrogens (tertiary/aromatic N) is 1. The highest BCUT2D eigenvalue weighted by molar-refractivity contribution is 8.00. The van der Waals surface area contributed by atoms with E-state index in [2.05, 4.69) is 5.32 Å². The average Bonchev–Trinajstić information content (AvgIpc) is 3.30. The second-order valence-corrected chi connectivity index (χ2v) is 9.09. The Morgan fingerprint density at radius 1 is 1.17 bits per heavy atom. The predicted molar refractivity (Wildman–Crippen MR) is 121 cm³/mol. The number of aryl methyl sites for hydroxylation is 1. The third kappa shape index (κ3) is 6.39. The summed E-state index contributed by atoms with van der Waals surface area (Å²) in [6, 6.07) is 11.7. The molecule has 162 valence electrons. The molecule has 1 aliphatic carbocycles. The molecule has 1 atom stereocenters. The van der Waals surface area contributed by atoms with Crippen molar-refractivity contribution in [2.24, 2.45) is 0 Å². The summed E-state index contributed by atoms with van der Waals surface area (Å²) in [6.07, 6.45) is 9.14. The highest BCUT2D eigenvalue weighted by atomic mass is 32.2. The number of furan rings is 1. The SMILES string of the molecule is CC(CCc1ccco1)NC(=O)c1ccccc1SCC(=O)N(C)C1CCCCC1. The highest BCUT2D eigenvalue weighted by Gasteiger charge is 2.22. The van der Waals surface area contributed by atoms with Crippen molar-refractivity contribution in [1.82, 2.24) is 10.2 Å². The Hall–Kier alpha value is -2.21. The maximum atomic E-state index is 12.8. The van der Waals surface area contributed by atoms with Gasteiger partial charge in [0.15, 0.2) is 0 Å². The molecule has 1 fully saturated rings. The molecule has 1 N–H and O–H groups in total. The van der Waals surface area contributed by atoms with Crippen LogP contribution < -0.4 is 5.32 Å². The molecule has 0 radical (unpaired) electrons. The maximum absolute atomic E-state index is 12.8. The molecule has 6 heteroatoms. The topological polar surface area (TPSA) is 62.6 Å². The number of amides is 2. The van der Waals surface area contributed by atoms with Crippen molar-refractivity contribution in [2.45, 2.75) is 68.8 Å². The molecule has 1 unspecified atom stereocenters. The van der Waals surface area contributed by atoms with Gasteiger partial charge in [-0.25, -0.2) is 0 Å². The highest BCUT2D eigenvalue weighted by Crippen LogP contribution is 2.26. The van der Waals surface area contributed by atoms with Crippen molar-refractivity contribution in [3.63, 3.8) is 0 Å². The van der Waals surface area contributed by atoms with E-state index in [1.165, 1.54) is 31.0 Å². The Labute approximate surface area is 183 Å². The monoisotopic (exact) mass is 428 g/mol. The minimum atomic E-state index is -0.0990. The van der Waals surface area contributed by atoms with E-state index in [9.17, 15) is 9.59 Å². The molecule has 2 amide bonds. The van der Waals surface area contributed by atoms with E-state index < -0.39 is 0 Å². The fourth-order valence-corrected chi connectivity index (χ4v) is 4.85. The number of carbonyl (C=O) groups is 2. The first-order chi connectivity index (χ1) is 14.5. The van der Waals surface area contributed by atoms with Crippen LogP contribution in [0.1, 0.15) is 61.6 Å². The van der Waals surface area contributed by atoms with E-state index in [1.807, 2.05) is 55.3 Å². The standard InChI is InChI=1S/C24H32N2O3S/c1-18(14-15-20-11-8-16-29-20)25-24(28)21-12-6-7-13-22(21)30-17-23(27)26(2)19-9-4-3-5-10-19/h6-8,11-13,16,18-19H,3-5,9-10,14-15,17H2,1-2H3,(H,25,28). The Morgan fingerprint density at radius 3 is 2.67 bits per heavy atom. The fourth-order valence-electron chi connectivity index (χ4n) is 3.88. The molecule has 1 aromatic carbocycles. The van der Waals surface area contributed by atoms with Crippen LogP contribution in [0.5, 0.6) is 0 Å². The zero-order chi connectivity index (χ0) is 21.3. The lowest BCUT2D eigenvalue weighted by atomic mass is 9.94. The van der Waals surface area contributed by atoms with Gasteiger partial charge in [0.05, 0.1) is 17.6 Å². The molecule has 30 heavy (non-hydrogen) atoms. The lowest BCUT2D eigenvalue weighted by Crippen LogP contribution is -2.39. The summed E-state index contributed by atoms with van der Waals surface area (Å²) in [7, 11) is 1.91. The van der Waals surface area contributed by atoms with Crippen LogP contribution in [-0.2, 0) is 11.2 Å². The second kappa shape index (κ2) is 11.3. The largest absolute Gasteiger partial charge is 0.469 e. The molecule has 0 spiro atoms. The summed E-state index contributed by atoms with van der Waals surface area (Å²) in [5.41, 5.74) is 0.625. The van der Waals surface area contributed by atoms with Gasteiger partial charge in [0, 0.05) is 30.4 Å². The summed E-state index contributed by atoms with van der Waals surface area (Å²) in [5, 5.41) is 3.07. The Balaban J connectivity index is 1.52. The van der Waals surface area contributed by atoms with Crippen LogP contribution in [0.2, 0.25) is 0 Å². The first-order valence-corrected chi connectivity index (χ1v) is 11.8. The summed E-state index contributed by atoms with van der Waals surface area (Å²) >= 11 is 1.45. The van der Waals surface area contributed by atoms with Gasteiger partial charge >= 0.3 is 0 Å². The maximum Gasteiger partial charge on any atom is 0.252 e. The number of hydrogen-bond donors (Lipinski definition) is 1. The quantitative estimate of drug-likeness (QED) is 0.576. The van der Waals surface area contributed by atoms with Gasteiger partial charge in [-0.05, 0) is 50.5 Å². The zero-order valence-electron chi connectivity index (χ0n) is 17.9. The molecule has 1 aromatic heterocycles. The number of carbonyl (C=O) groups excluding carboxylic acids is 2. The van der Waals surface area contributed by atoms with E-state index in [0.717, 1.165) is 36.3 Å². The summed E-state index contributed by atoms with van der Waals surface area (Å²) < 4.78 is 5.36. The summed E-state index contributed by atoms with van der Waals surface area (Å²) in [5.74, 6) is 1.31. The Morgan fingerprint density at radius 2 is 1.93 bits per heavy atom. The van der Waals surface area contributed by atoms with Gasteiger partial charge in [-0.3, -0.25) is 9.59 Å². The summed E-state index contributed by atoms with van der Waals surface area (Å²) in [6.45, 7) is 2.00. The van der Waals surface area contributed by atoms with E-state index in [0.29, 0.717) is 17.4 Å². The van der Waals surface area contributed by atoms with Crippen molar-refractivity contribution < 1.29 is 14.0 Å². The van der Waals surface area contributed by atoms with Gasteiger partial charge in [0.25, 0.3) is 5.91 Å². The number of benzene rings is 1. The van der Waals surface area contributed by atoms with Crippen molar-refractivity contribution in [3.8, 4) is 0 Å². The van der Waals surface area contributed by atoms with E-state index >= 15 is 0 Å². The van der Waals surface area contributed by atoms with Crippen molar-refractivity contribution >= 4 is 23.6 Å². The molecule has 2 aromatic rings. The zero-order valence-corrected chi connectivity index (χ0v) is 18.7. The third-order valence-corrected chi connectivity index (χ3v) is 6.84. The lowest BCUT2D eigenvalue weighted by Gasteiger charge is -2.31. The van der Waals surface area contributed by atoms with Crippen LogP contribution in [0.3, 0.4) is 0 Å². The molecule has 5 nitrogen and oxygen atoms in total. The van der Waals surface area contributed by atoms with Crippen LogP contribution in [0.25, 0.3) is 0 Å². The Bertz CT molecular complexity index is 816.